The summed E-state index contributed by atoms with van der Waals surface area (Å²) in [5.41, 5.74) is 7.91. The highest BCUT2D eigenvalue weighted by Crippen LogP contribution is 2.36. The number of benzene rings is 1. The number of carbonyl (C=O) groups excluding carboxylic acids is 2. The predicted octanol–water partition coefficient (Wildman–Crippen LogP) is 2.54. The second-order valence-corrected chi connectivity index (χ2v) is 8.59. The SMILES string of the molecule is COc1cc(OC)c(NC(=O)C2CCN(C(=O)C3CC(c4ccncc4)NN3)CC2)cc1Cl. The van der Waals surface area contributed by atoms with E-state index in [1.165, 1.54) is 14.2 Å². The largest absolute Gasteiger partial charge is 0.495 e. The molecule has 0 radical (unpaired) electrons. The lowest BCUT2D eigenvalue weighted by atomic mass is 9.94. The first-order valence-electron chi connectivity index (χ1n) is 10.9. The summed E-state index contributed by atoms with van der Waals surface area (Å²) in [4.78, 5) is 31.7. The van der Waals surface area contributed by atoms with Gasteiger partial charge < -0.3 is 19.7 Å². The fourth-order valence-electron chi connectivity index (χ4n) is 4.31. The quantitative estimate of drug-likeness (QED) is 0.592. The lowest BCUT2D eigenvalue weighted by Crippen LogP contribution is -2.49. The molecule has 3 heterocycles. The van der Waals surface area contributed by atoms with Crippen molar-refractivity contribution in [3.05, 3.63) is 47.2 Å². The van der Waals surface area contributed by atoms with Gasteiger partial charge in [-0.2, -0.15) is 0 Å². The first kappa shape index (κ1) is 23.3. The maximum Gasteiger partial charge on any atom is 0.241 e. The molecule has 2 aromatic rings. The van der Waals surface area contributed by atoms with Crippen molar-refractivity contribution in [3.63, 3.8) is 0 Å². The number of nitrogens with zero attached hydrogens (tertiary/aromatic N) is 2. The predicted molar refractivity (Wildman–Crippen MR) is 124 cm³/mol. The number of likely N-dealkylation sites (tertiary alicyclic amines) is 1. The number of hydrogen-bond donors (Lipinski definition) is 3. The van der Waals surface area contributed by atoms with Crippen molar-refractivity contribution < 1.29 is 19.1 Å². The van der Waals surface area contributed by atoms with Crippen LogP contribution in [-0.2, 0) is 9.59 Å². The average Bonchev–Trinajstić information content (AvgIpc) is 3.35. The van der Waals surface area contributed by atoms with Crippen molar-refractivity contribution in [1.29, 1.82) is 0 Å². The topological polar surface area (TPSA) is 105 Å². The minimum atomic E-state index is -0.292. The Hall–Kier alpha value is -2.88. The number of nitrogens with one attached hydrogen (secondary N) is 3. The summed E-state index contributed by atoms with van der Waals surface area (Å²) in [7, 11) is 3.04. The van der Waals surface area contributed by atoms with Gasteiger partial charge in [0.05, 0.1) is 24.9 Å². The number of pyridine rings is 1. The maximum absolute atomic E-state index is 13.0. The number of amides is 2. The molecule has 2 atom stereocenters. The number of ether oxygens (including phenoxy) is 2. The van der Waals surface area contributed by atoms with E-state index in [1.54, 1.807) is 24.5 Å². The molecule has 1 aromatic heterocycles. The minimum Gasteiger partial charge on any atom is -0.495 e. The zero-order valence-electron chi connectivity index (χ0n) is 18.6. The molecule has 9 nitrogen and oxygen atoms in total. The minimum absolute atomic E-state index is 0.0570. The molecule has 2 saturated heterocycles. The molecule has 10 heteroatoms. The highest BCUT2D eigenvalue weighted by molar-refractivity contribution is 6.32. The fourth-order valence-corrected chi connectivity index (χ4v) is 4.55. The molecular formula is C23H28ClN5O4. The van der Waals surface area contributed by atoms with E-state index in [1.807, 2.05) is 17.0 Å². The van der Waals surface area contributed by atoms with Gasteiger partial charge in [0.15, 0.2) is 0 Å². The van der Waals surface area contributed by atoms with Crippen LogP contribution in [0.15, 0.2) is 36.7 Å². The fraction of sp³-hybridized carbons (Fsp3) is 0.435. The first-order chi connectivity index (χ1) is 16.0. The number of hydrazine groups is 1. The molecule has 2 unspecified atom stereocenters. The summed E-state index contributed by atoms with van der Waals surface area (Å²) in [6, 6.07) is 6.92. The van der Waals surface area contributed by atoms with Crippen molar-refractivity contribution in [2.24, 2.45) is 5.92 Å². The van der Waals surface area contributed by atoms with Gasteiger partial charge in [0.1, 0.15) is 17.5 Å². The number of methoxy groups -OCH3 is 2. The van der Waals surface area contributed by atoms with Gasteiger partial charge in [-0.3, -0.25) is 14.6 Å². The van der Waals surface area contributed by atoms with Crippen LogP contribution in [0.4, 0.5) is 5.69 Å². The highest BCUT2D eigenvalue weighted by atomic mass is 35.5. The summed E-state index contributed by atoms with van der Waals surface area (Å²) < 4.78 is 10.6. The smallest absolute Gasteiger partial charge is 0.241 e. The number of rotatable bonds is 6. The summed E-state index contributed by atoms with van der Waals surface area (Å²) >= 11 is 6.20. The van der Waals surface area contributed by atoms with E-state index in [2.05, 4.69) is 21.2 Å². The lowest BCUT2D eigenvalue weighted by Gasteiger charge is -2.33. The molecule has 2 amide bonds. The molecule has 0 aliphatic carbocycles. The van der Waals surface area contributed by atoms with Crippen LogP contribution in [0.2, 0.25) is 5.02 Å². The second kappa shape index (κ2) is 10.4. The Morgan fingerprint density at radius 1 is 1.09 bits per heavy atom. The van der Waals surface area contributed by atoms with Gasteiger partial charge >= 0.3 is 0 Å². The van der Waals surface area contributed by atoms with Gasteiger partial charge in [0.25, 0.3) is 0 Å². The van der Waals surface area contributed by atoms with E-state index in [4.69, 9.17) is 21.1 Å². The van der Waals surface area contributed by atoms with Crippen LogP contribution in [0.25, 0.3) is 0 Å². The summed E-state index contributed by atoms with van der Waals surface area (Å²) in [6.07, 6.45) is 5.35. The molecule has 0 saturated carbocycles. The Morgan fingerprint density at radius 3 is 2.45 bits per heavy atom. The zero-order chi connectivity index (χ0) is 23.4. The molecule has 3 N–H and O–H groups in total. The number of halogens is 1. The molecule has 2 aliphatic rings. The summed E-state index contributed by atoms with van der Waals surface area (Å²) in [5, 5.41) is 3.30. The molecule has 176 valence electrons. The number of carbonyl (C=O) groups is 2. The summed E-state index contributed by atoms with van der Waals surface area (Å²) in [6.45, 7) is 1.07. The standard InChI is InChI=1S/C23H28ClN5O4/c1-32-20-13-21(33-2)18(11-16(20)24)26-22(30)15-5-9-29(10-6-15)23(31)19-12-17(27-28-19)14-3-7-25-8-4-14/h3-4,7-8,11,13,15,17,19,27-28H,5-6,9-10,12H2,1-2H3,(H,26,30). The van der Waals surface area contributed by atoms with E-state index in [0.717, 1.165) is 5.56 Å². The monoisotopic (exact) mass is 473 g/mol. The second-order valence-electron chi connectivity index (χ2n) is 8.19. The molecule has 0 spiro atoms. The Balaban J connectivity index is 1.30. The molecule has 2 aliphatic heterocycles. The lowest BCUT2D eigenvalue weighted by molar-refractivity contribution is -0.136. The zero-order valence-corrected chi connectivity index (χ0v) is 19.4. The third kappa shape index (κ3) is 5.21. The van der Waals surface area contributed by atoms with Gasteiger partial charge in [-0.1, -0.05) is 11.6 Å². The maximum atomic E-state index is 13.0. The Bertz CT molecular complexity index is 998. The van der Waals surface area contributed by atoms with E-state index >= 15 is 0 Å². The number of hydrogen-bond acceptors (Lipinski definition) is 7. The van der Waals surface area contributed by atoms with Crippen LogP contribution in [-0.4, -0.2) is 55.0 Å². The van der Waals surface area contributed by atoms with E-state index in [9.17, 15) is 9.59 Å². The van der Waals surface area contributed by atoms with Crippen LogP contribution >= 0.6 is 11.6 Å². The Kier molecular flexibility index (Phi) is 7.32. The molecule has 4 rings (SSSR count). The van der Waals surface area contributed by atoms with Crippen molar-refractivity contribution in [1.82, 2.24) is 20.7 Å². The van der Waals surface area contributed by atoms with Crippen LogP contribution in [0.5, 0.6) is 11.5 Å². The Morgan fingerprint density at radius 2 is 1.79 bits per heavy atom. The average molecular weight is 474 g/mol. The van der Waals surface area contributed by atoms with Gasteiger partial charge in [-0.15, -0.1) is 0 Å². The van der Waals surface area contributed by atoms with Crippen molar-refractivity contribution in [2.75, 3.05) is 32.6 Å². The molecule has 1 aromatic carbocycles. The number of piperidine rings is 1. The van der Waals surface area contributed by atoms with Crippen molar-refractivity contribution >= 4 is 29.1 Å². The number of aromatic nitrogens is 1. The van der Waals surface area contributed by atoms with Crippen LogP contribution in [0.1, 0.15) is 30.9 Å². The van der Waals surface area contributed by atoms with E-state index in [-0.39, 0.29) is 29.8 Å². The highest BCUT2D eigenvalue weighted by Gasteiger charge is 2.35. The first-order valence-corrected chi connectivity index (χ1v) is 11.3. The van der Waals surface area contributed by atoms with Crippen molar-refractivity contribution in [3.8, 4) is 11.5 Å². The van der Waals surface area contributed by atoms with Crippen LogP contribution in [0, 0.1) is 5.92 Å². The van der Waals surface area contributed by atoms with Gasteiger partial charge in [0.2, 0.25) is 11.8 Å². The third-order valence-electron chi connectivity index (χ3n) is 6.22. The number of anilines is 1. The summed E-state index contributed by atoms with van der Waals surface area (Å²) in [5.74, 6) is 0.695. The van der Waals surface area contributed by atoms with E-state index in [0.29, 0.717) is 54.6 Å². The molecule has 2 fully saturated rings. The Labute approximate surface area is 197 Å². The van der Waals surface area contributed by atoms with Crippen molar-refractivity contribution in [2.45, 2.75) is 31.3 Å². The van der Waals surface area contributed by atoms with Crippen LogP contribution in [0.3, 0.4) is 0 Å². The molecule has 33 heavy (non-hydrogen) atoms. The van der Waals surface area contributed by atoms with E-state index < -0.39 is 0 Å². The third-order valence-corrected chi connectivity index (χ3v) is 6.51. The van der Waals surface area contributed by atoms with Gasteiger partial charge in [0, 0.05) is 43.5 Å². The van der Waals surface area contributed by atoms with Gasteiger partial charge in [-0.05, 0) is 43.0 Å². The molecular weight excluding hydrogens is 446 g/mol. The van der Waals surface area contributed by atoms with Crippen LogP contribution < -0.4 is 25.6 Å². The molecule has 0 bridgehead atoms. The normalized spacial score (nSPS) is 21.0. The van der Waals surface area contributed by atoms with Gasteiger partial charge in [-0.25, -0.2) is 10.9 Å².